The van der Waals surface area contributed by atoms with E-state index >= 15 is 0 Å². The smallest absolute Gasteiger partial charge is 0.0252 e. The van der Waals surface area contributed by atoms with E-state index in [9.17, 15) is 0 Å². The Morgan fingerprint density at radius 2 is 2.20 bits per heavy atom. The first kappa shape index (κ1) is 9.15. The summed E-state index contributed by atoms with van der Waals surface area (Å²) in [6.45, 7) is 7.55. The van der Waals surface area contributed by atoms with Gasteiger partial charge in [-0.2, -0.15) is 0 Å². The zero-order valence-electron chi connectivity index (χ0n) is 6.80. The number of nitrogens with zero attached hydrogens (tertiary/aromatic N) is 1. The van der Waals surface area contributed by atoms with Gasteiger partial charge in [0.2, 0.25) is 0 Å². The van der Waals surface area contributed by atoms with Gasteiger partial charge in [-0.3, -0.25) is 4.99 Å². The Morgan fingerprint density at radius 1 is 1.50 bits per heavy atom. The average molecular weight is 137 g/mol. The van der Waals surface area contributed by atoms with Crippen LogP contribution in [0.15, 0.2) is 28.9 Å². The molecule has 0 aliphatic carbocycles. The first-order valence-corrected chi connectivity index (χ1v) is 3.57. The van der Waals surface area contributed by atoms with Gasteiger partial charge in [-0.05, 0) is 26.5 Å². The number of allylic oxidation sites excluding steroid dienone is 3. The molecule has 0 saturated heterocycles. The molecule has 0 unspecified atom stereocenters. The van der Waals surface area contributed by atoms with Crippen LogP contribution in [0.1, 0.15) is 26.7 Å². The molecule has 56 valence electrons. The Hall–Kier alpha value is -0.850. The van der Waals surface area contributed by atoms with Crippen molar-refractivity contribution in [2.75, 3.05) is 0 Å². The van der Waals surface area contributed by atoms with Crippen LogP contribution in [0, 0.1) is 0 Å². The lowest BCUT2D eigenvalue weighted by atomic mass is 10.2. The molecule has 0 fully saturated rings. The van der Waals surface area contributed by atoms with E-state index in [4.69, 9.17) is 0 Å². The molecule has 10 heavy (non-hydrogen) atoms. The zero-order chi connectivity index (χ0) is 7.82. The number of aliphatic imine (C=N–C) groups is 1. The molecule has 0 aromatic heterocycles. The SMILES string of the molecule is C=N/C=C(\C)C/C=C\CC. The van der Waals surface area contributed by atoms with Crippen molar-refractivity contribution in [3.63, 3.8) is 0 Å². The van der Waals surface area contributed by atoms with Gasteiger partial charge in [-0.1, -0.05) is 24.6 Å². The average Bonchev–Trinajstić information content (AvgIpc) is 1.89. The van der Waals surface area contributed by atoms with Crippen molar-refractivity contribution in [1.82, 2.24) is 0 Å². The standard InChI is InChI=1S/C9H15N/c1-4-5-6-7-9(2)8-10-3/h5-6,8H,3-4,7H2,1-2H3/b6-5-,9-8+. The highest BCUT2D eigenvalue weighted by molar-refractivity contribution is 5.26. The molecule has 0 heterocycles. The number of hydrogen-bond acceptors (Lipinski definition) is 1. The summed E-state index contributed by atoms with van der Waals surface area (Å²) in [7, 11) is 0. The summed E-state index contributed by atoms with van der Waals surface area (Å²) in [6.07, 6.45) is 8.19. The van der Waals surface area contributed by atoms with Gasteiger partial charge in [0.25, 0.3) is 0 Å². The van der Waals surface area contributed by atoms with E-state index in [-0.39, 0.29) is 0 Å². The van der Waals surface area contributed by atoms with Crippen molar-refractivity contribution in [2.45, 2.75) is 26.7 Å². The third kappa shape index (κ3) is 5.29. The molecular formula is C9H15N. The Kier molecular flexibility index (Phi) is 5.74. The molecule has 0 aliphatic heterocycles. The summed E-state index contributed by atoms with van der Waals surface area (Å²) in [5.41, 5.74) is 1.25. The van der Waals surface area contributed by atoms with Gasteiger partial charge in [-0.15, -0.1) is 0 Å². The molecule has 0 atom stereocenters. The van der Waals surface area contributed by atoms with Gasteiger partial charge in [0.1, 0.15) is 0 Å². The van der Waals surface area contributed by atoms with Crippen LogP contribution in [0.25, 0.3) is 0 Å². The van der Waals surface area contributed by atoms with E-state index in [1.165, 1.54) is 5.57 Å². The fraction of sp³-hybridized carbons (Fsp3) is 0.444. The first-order valence-electron chi connectivity index (χ1n) is 3.57. The monoisotopic (exact) mass is 137 g/mol. The summed E-state index contributed by atoms with van der Waals surface area (Å²) >= 11 is 0. The predicted molar refractivity (Wildman–Crippen MR) is 47.4 cm³/mol. The van der Waals surface area contributed by atoms with Gasteiger partial charge in [0, 0.05) is 6.20 Å². The van der Waals surface area contributed by atoms with E-state index in [1.807, 2.05) is 0 Å². The van der Waals surface area contributed by atoms with Crippen LogP contribution < -0.4 is 0 Å². The third-order valence-corrected chi connectivity index (χ3v) is 1.15. The predicted octanol–water partition coefficient (Wildman–Crippen LogP) is 2.95. The minimum atomic E-state index is 0.993. The maximum absolute atomic E-state index is 3.67. The van der Waals surface area contributed by atoms with Gasteiger partial charge >= 0.3 is 0 Å². The van der Waals surface area contributed by atoms with Gasteiger partial charge in [0.05, 0.1) is 0 Å². The molecule has 0 saturated carbocycles. The van der Waals surface area contributed by atoms with Gasteiger partial charge < -0.3 is 0 Å². The van der Waals surface area contributed by atoms with Crippen molar-refractivity contribution in [1.29, 1.82) is 0 Å². The maximum atomic E-state index is 3.67. The number of rotatable bonds is 4. The Labute approximate surface area is 63.2 Å². The van der Waals surface area contributed by atoms with E-state index in [1.54, 1.807) is 6.20 Å². The highest BCUT2D eigenvalue weighted by Crippen LogP contribution is 2.00. The van der Waals surface area contributed by atoms with Crippen molar-refractivity contribution < 1.29 is 0 Å². The second-order valence-corrected chi connectivity index (χ2v) is 2.24. The van der Waals surface area contributed by atoms with Crippen molar-refractivity contribution in [3.05, 3.63) is 23.9 Å². The summed E-state index contributed by atoms with van der Waals surface area (Å²) in [5.74, 6) is 0. The molecule has 0 spiro atoms. The van der Waals surface area contributed by atoms with Gasteiger partial charge in [-0.25, -0.2) is 0 Å². The van der Waals surface area contributed by atoms with Crippen LogP contribution in [-0.2, 0) is 0 Å². The molecule has 0 bridgehead atoms. The highest BCUT2D eigenvalue weighted by atomic mass is 14.6. The number of hydrogen-bond donors (Lipinski definition) is 0. The van der Waals surface area contributed by atoms with Crippen molar-refractivity contribution in [3.8, 4) is 0 Å². The summed E-state index contributed by atoms with van der Waals surface area (Å²) < 4.78 is 0. The summed E-state index contributed by atoms with van der Waals surface area (Å²) in [4.78, 5) is 3.67. The Bertz CT molecular complexity index is 143. The molecular weight excluding hydrogens is 122 g/mol. The summed E-state index contributed by atoms with van der Waals surface area (Å²) in [5, 5.41) is 0. The molecule has 0 aromatic rings. The lowest BCUT2D eigenvalue weighted by molar-refractivity contribution is 1.15. The van der Waals surface area contributed by atoms with E-state index < -0.39 is 0 Å². The zero-order valence-corrected chi connectivity index (χ0v) is 6.80. The van der Waals surface area contributed by atoms with Crippen LogP contribution in [0.2, 0.25) is 0 Å². The molecule has 1 heteroatoms. The molecule has 0 aliphatic rings. The molecule has 0 amide bonds. The maximum Gasteiger partial charge on any atom is 0.0252 e. The molecule has 1 nitrogen and oxygen atoms in total. The van der Waals surface area contributed by atoms with Gasteiger partial charge in [0.15, 0.2) is 0 Å². The van der Waals surface area contributed by atoms with Crippen molar-refractivity contribution >= 4 is 6.72 Å². The minimum absolute atomic E-state index is 0.993. The Morgan fingerprint density at radius 3 is 2.70 bits per heavy atom. The van der Waals surface area contributed by atoms with Crippen molar-refractivity contribution in [2.24, 2.45) is 4.99 Å². The fourth-order valence-corrected chi connectivity index (χ4v) is 0.644. The first-order chi connectivity index (χ1) is 4.81. The van der Waals surface area contributed by atoms with E-state index in [0.29, 0.717) is 0 Å². The minimum Gasteiger partial charge on any atom is -0.273 e. The Balaban J connectivity index is 3.57. The second-order valence-electron chi connectivity index (χ2n) is 2.24. The molecule has 0 aromatic carbocycles. The topological polar surface area (TPSA) is 12.4 Å². The summed E-state index contributed by atoms with van der Waals surface area (Å²) in [6, 6.07) is 0. The largest absolute Gasteiger partial charge is 0.273 e. The van der Waals surface area contributed by atoms with Crippen LogP contribution in [-0.4, -0.2) is 6.72 Å². The lowest BCUT2D eigenvalue weighted by Gasteiger charge is -1.89. The van der Waals surface area contributed by atoms with Crippen LogP contribution >= 0.6 is 0 Å². The third-order valence-electron chi connectivity index (χ3n) is 1.15. The molecule has 0 radical (unpaired) electrons. The van der Waals surface area contributed by atoms with Crippen LogP contribution in [0.5, 0.6) is 0 Å². The van der Waals surface area contributed by atoms with E-state index in [2.05, 4.69) is 37.7 Å². The second kappa shape index (κ2) is 6.27. The highest BCUT2D eigenvalue weighted by Gasteiger charge is 1.80. The van der Waals surface area contributed by atoms with Crippen LogP contribution in [0.3, 0.4) is 0 Å². The molecule has 0 N–H and O–H groups in total. The normalized spacial score (nSPS) is 12.4. The van der Waals surface area contributed by atoms with E-state index in [0.717, 1.165) is 12.8 Å². The quantitative estimate of drug-likeness (QED) is 0.417. The van der Waals surface area contributed by atoms with Crippen LogP contribution in [0.4, 0.5) is 0 Å². The fourth-order valence-electron chi connectivity index (χ4n) is 0.644. The molecule has 0 rings (SSSR count). The lowest BCUT2D eigenvalue weighted by Crippen LogP contribution is -1.70.